The maximum atomic E-state index is 12.1. The van der Waals surface area contributed by atoms with E-state index in [9.17, 15) is 4.79 Å². The first-order chi connectivity index (χ1) is 10.5. The highest BCUT2D eigenvalue weighted by Crippen LogP contribution is 2.51. The molecular weight excluding hydrogens is 280 g/mol. The average Bonchev–Trinajstić information content (AvgIpc) is 2.46. The zero-order valence-electron chi connectivity index (χ0n) is 14.2. The summed E-state index contributed by atoms with van der Waals surface area (Å²) in [6.45, 7) is 10.8. The van der Waals surface area contributed by atoms with E-state index in [2.05, 4.69) is 18.8 Å². The molecule has 1 saturated carbocycles. The van der Waals surface area contributed by atoms with Crippen molar-refractivity contribution in [1.82, 2.24) is 0 Å². The second-order valence-corrected chi connectivity index (χ2v) is 6.01. The van der Waals surface area contributed by atoms with E-state index in [-0.39, 0.29) is 18.0 Å². The van der Waals surface area contributed by atoms with Crippen molar-refractivity contribution in [3.63, 3.8) is 0 Å². The average molecular weight is 306 g/mol. The van der Waals surface area contributed by atoms with Gasteiger partial charge in [-0.25, -0.2) is 4.79 Å². The van der Waals surface area contributed by atoms with Crippen LogP contribution in [0, 0.1) is 17.8 Å². The number of rotatable bonds is 4. The van der Waals surface area contributed by atoms with Gasteiger partial charge < -0.3 is 14.2 Å². The van der Waals surface area contributed by atoms with Crippen molar-refractivity contribution >= 4 is 5.97 Å². The lowest BCUT2D eigenvalue weighted by Gasteiger charge is -2.56. The number of carbonyl (C=O) groups is 1. The molecule has 2 rings (SSSR count). The summed E-state index contributed by atoms with van der Waals surface area (Å²) in [6.07, 6.45) is 2.96. The summed E-state index contributed by atoms with van der Waals surface area (Å²) in [5.74, 6) is 5.99. The predicted octanol–water partition coefficient (Wildman–Crippen LogP) is 2.86. The maximum absolute atomic E-state index is 12.1. The Balaban J connectivity index is 2.67. The van der Waals surface area contributed by atoms with Crippen LogP contribution in [-0.2, 0) is 19.0 Å². The van der Waals surface area contributed by atoms with Gasteiger partial charge in [0.05, 0.1) is 0 Å². The molecule has 1 fully saturated rings. The summed E-state index contributed by atoms with van der Waals surface area (Å²) in [4.78, 5) is 12.1. The fourth-order valence-corrected chi connectivity index (χ4v) is 3.89. The lowest BCUT2D eigenvalue weighted by molar-refractivity contribution is -0.242. The first kappa shape index (κ1) is 17.1. The van der Waals surface area contributed by atoms with Gasteiger partial charge in [-0.2, -0.15) is 0 Å². The molecule has 122 valence electrons. The van der Waals surface area contributed by atoms with Crippen molar-refractivity contribution < 1.29 is 19.0 Å². The van der Waals surface area contributed by atoms with Crippen molar-refractivity contribution in [2.24, 2.45) is 5.92 Å². The van der Waals surface area contributed by atoms with Crippen LogP contribution in [0.2, 0.25) is 0 Å². The number of esters is 1. The number of fused-ring (bicyclic) bond motifs is 1. The molecule has 1 heterocycles. The highest BCUT2D eigenvalue weighted by molar-refractivity contribution is 5.86. The van der Waals surface area contributed by atoms with Gasteiger partial charge in [0, 0.05) is 19.3 Å². The molecule has 0 spiro atoms. The van der Waals surface area contributed by atoms with Gasteiger partial charge in [0.1, 0.15) is 11.7 Å². The van der Waals surface area contributed by atoms with Crippen LogP contribution in [0.1, 0.15) is 47.5 Å². The van der Waals surface area contributed by atoms with E-state index in [1.165, 1.54) is 6.08 Å². The monoisotopic (exact) mass is 306 g/mol. The predicted molar refractivity (Wildman–Crippen MR) is 84.2 cm³/mol. The Morgan fingerprint density at radius 2 is 2.14 bits per heavy atom. The molecule has 4 atom stereocenters. The summed E-state index contributed by atoms with van der Waals surface area (Å²) in [5.41, 5.74) is -0.906. The van der Waals surface area contributed by atoms with Crippen LogP contribution < -0.4 is 0 Å². The van der Waals surface area contributed by atoms with Gasteiger partial charge in [0.2, 0.25) is 5.60 Å². The molecule has 0 N–H and O–H groups in total. The van der Waals surface area contributed by atoms with Crippen LogP contribution in [-0.4, -0.2) is 36.5 Å². The van der Waals surface area contributed by atoms with Gasteiger partial charge in [-0.05, 0) is 57.9 Å². The SMILES string of the molecule is CC#CC12OC(=O)C=C(C)[C@@]1(OCC)CCC(C)C2OCC. The Bertz CT molecular complexity index is 527. The largest absolute Gasteiger partial charge is 0.436 e. The molecule has 4 nitrogen and oxygen atoms in total. The second kappa shape index (κ2) is 6.44. The van der Waals surface area contributed by atoms with Crippen molar-refractivity contribution in [3.05, 3.63) is 11.6 Å². The molecular formula is C18H26O4. The quantitative estimate of drug-likeness (QED) is 0.592. The normalized spacial score (nSPS) is 37.5. The summed E-state index contributed by atoms with van der Waals surface area (Å²) in [7, 11) is 0. The van der Waals surface area contributed by atoms with E-state index in [1.807, 2.05) is 20.8 Å². The highest BCUT2D eigenvalue weighted by Gasteiger charge is 2.66. The van der Waals surface area contributed by atoms with E-state index in [1.54, 1.807) is 6.92 Å². The maximum Gasteiger partial charge on any atom is 0.332 e. The third-order valence-corrected chi connectivity index (χ3v) is 4.75. The lowest BCUT2D eigenvalue weighted by atomic mass is 9.62. The molecule has 2 aliphatic rings. The Hall–Kier alpha value is -1.31. The summed E-state index contributed by atoms with van der Waals surface area (Å²) in [6, 6.07) is 0. The molecule has 0 saturated heterocycles. The first-order valence-corrected chi connectivity index (χ1v) is 8.08. The minimum absolute atomic E-state index is 0.244. The number of carbonyl (C=O) groups excluding carboxylic acids is 1. The number of hydrogen-bond acceptors (Lipinski definition) is 4. The fourth-order valence-electron chi connectivity index (χ4n) is 3.89. The van der Waals surface area contributed by atoms with Gasteiger partial charge in [-0.3, -0.25) is 0 Å². The van der Waals surface area contributed by atoms with Gasteiger partial charge in [0.25, 0.3) is 0 Å². The summed E-state index contributed by atoms with van der Waals surface area (Å²) in [5, 5.41) is 0. The zero-order chi connectivity index (χ0) is 16.4. The van der Waals surface area contributed by atoms with E-state index >= 15 is 0 Å². The first-order valence-electron chi connectivity index (χ1n) is 8.08. The molecule has 4 heteroatoms. The standard InChI is InChI=1S/C18H26O4/c1-6-10-18-16(20-7-2)13(4)9-11-17(18,21-8-3)14(5)12-15(19)22-18/h12-13,16H,7-9,11H2,1-5H3/t13?,16?,17-,18?/m0/s1. The van der Waals surface area contributed by atoms with Gasteiger partial charge in [0.15, 0.2) is 0 Å². The molecule has 3 unspecified atom stereocenters. The third-order valence-electron chi connectivity index (χ3n) is 4.75. The number of hydrogen-bond donors (Lipinski definition) is 0. The van der Waals surface area contributed by atoms with Crippen LogP contribution >= 0.6 is 0 Å². The van der Waals surface area contributed by atoms with E-state index < -0.39 is 11.2 Å². The van der Waals surface area contributed by atoms with E-state index in [0.29, 0.717) is 13.2 Å². The van der Waals surface area contributed by atoms with Crippen molar-refractivity contribution in [1.29, 1.82) is 0 Å². The molecule has 1 aliphatic carbocycles. The fraction of sp³-hybridized carbons (Fsp3) is 0.722. The van der Waals surface area contributed by atoms with Crippen molar-refractivity contribution in [2.45, 2.75) is 64.8 Å². The molecule has 1 aliphatic heterocycles. The minimum atomic E-state index is -1.07. The van der Waals surface area contributed by atoms with Crippen molar-refractivity contribution in [3.8, 4) is 11.8 Å². The summed E-state index contributed by atoms with van der Waals surface area (Å²) >= 11 is 0. The van der Waals surface area contributed by atoms with E-state index in [4.69, 9.17) is 14.2 Å². The molecule has 0 aromatic heterocycles. The third kappa shape index (κ3) is 2.37. The Labute approximate surface area is 133 Å². The molecule has 0 bridgehead atoms. The van der Waals surface area contributed by atoms with Crippen LogP contribution in [0.25, 0.3) is 0 Å². The molecule has 0 aromatic rings. The number of ether oxygens (including phenoxy) is 3. The minimum Gasteiger partial charge on any atom is -0.436 e. The Morgan fingerprint density at radius 1 is 1.41 bits per heavy atom. The Kier molecular flexibility index (Phi) is 4.99. The van der Waals surface area contributed by atoms with Crippen LogP contribution in [0.5, 0.6) is 0 Å². The highest BCUT2D eigenvalue weighted by atomic mass is 16.6. The molecule has 0 radical (unpaired) electrons. The lowest BCUT2D eigenvalue weighted by Crippen LogP contribution is -2.70. The zero-order valence-corrected chi connectivity index (χ0v) is 14.2. The van der Waals surface area contributed by atoms with Gasteiger partial charge in [-0.1, -0.05) is 6.92 Å². The Morgan fingerprint density at radius 3 is 2.73 bits per heavy atom. The second-order valence-electron chi connectivity index (χ2n) is 6.01. The molecule has 0 aromatic carbocycles. The molecule has 22 heavy (non-hydrogen) atoms. The summed E-state index contributed by atoms with van der Waals surface area (Å²) < 4.78 is 18.0. The van der Waals surface area contributed by atoms with Crippen LogP contribution in [0.3, 0.4) is 0 Å². The van der Waals surface area contributed by atoms with Crippen LogP contribution in [0.4, 0.5) is 0 Å². The smallest absolute Gasteiger partial charge is 0.332 e. The topological polar surface area (TPSA) is 44.8 Å². The molecule has 0 amide bonds. The van der Waals surface area contributed by atoms with Crippen molar-refractivity contribution in [2.75, 3.05) is 13.2 Å². The van der Waals surface area contributed by atoms with Crippen LogP contribution in [0.15, 0.2) is 11.6 Å². The van der Waals surface area contributed by atoms with E-state index in [0.717, 1.165) is 18.4 Å². The van der Waals surface area contributed by atoms with Gasteiger partial charge in [-0.15, -0.1) is 5.92 Å². The van der Waals surface area contributed by atoms with Gasteiger partial charge >= 0.3 is 5.97 Å².